The summed E-state index contributed by atoms with van der Waals surface area (Å²) >= 11 is 1.50. The number of nitrogens with two attached hydrogens (primary N) is 2. The molecule has 1 fully saturated rings. The van der Waals surface area contributed by atoms with E-state index in [2.05, 4.69) is 26.6 Å². The van der Waals surface area contributed by atoms with E-state index in [-0.39, 0.29) is 37.4 Å². The number of primary amides is 1. The predicted molar refractivity (Wildman–Crippen MR) is 237 cm³/mol. The number of rotatable bonds is 23. The molecular weight excluding hydrogens is 813 g/mol. The molecule has 3 aromatic carbocycles. The van der Waals surface area contributed by atoms with E-state index in [0.717, 1.165) is 11.1 Å². The minimum absolute atomic E-state index is 0.0139. The number of amides is 7. The summed E-state index contributed by atoms with van der Waals surface area (Å²) in [7, 11) is 0. The van der Waals surface area contributed by atoms with Crippen molar-refractivity contribution in [3.63, 3.8) is 0 Å². The molecule has 0 aliphatic carbocycles. The Balaban J connectivity index is 1.48. The van der Waals surface area contributed by atoms with Gasteiger partial charge in [-0.2, -0.15) is 11.8 Å². The maximum Gasteiger partial charge on any atom is 0.243 e. The molecule has 17 heteroatoms. The van der Waals surface area contributed by atoms with Gasteiger partial charge >= 0.3 is 0 Å². The number of hydrogen-bond donors (Lipinski definition) is 8. The topological polar surface area (TPSA) is 255 Å². The van der Waals surface area contributed by atoms with Crippen molar-refractivity contribution < 1.29 is 38.7 Å². The molecule has 16 nitrogen and oxygen atoms in total. The first-order valence-electron chi connectivity index (χ1n) is 20.8. The Kier molecular flexibility index (Phi) is 19.2. The zero-order valence-corrected chi connectivity index (χ0v) is 36.3. The van der Waals surface area contributed by atoms with Gasteiger partial charge < -0.3 is 48.1 Å². The summed E-state index contributed by atoms with van der Waals surface area (Å²) < 4.78 is 0. The van der Waals surface area contributed by atoms with E-state index in [1.807, 2.05) is 32.2 Å². The number of benzene rings is 3. The van der Waals surface area contributed by atoms with Crippen LogP contribution < -0.4 is 38.1 Å². The van der Waals surface area contributed by atoms with Crippen molar-refractivity contribution in [2.75, 3.05) is 25.1 Å². The van der Waals surface area contributed by atoms with Crippen LogP contribution in [-0.2, 0) is 52.8 Å². The fourth-order valence-corrected chi connectivity index (χ4v) is 7.65. The Morgan fingerprint density at radius 1 is 0.726 bits per heavy atom. The van der Waals surface area contributed by atoms with Gasteiger partial charge in [0.15, 0.2) is 0 Å². The summed E-state index contributed by atoms with van der Waals surface area (Å²) in [6.45, 7) is 3.52. The van der Waals surface area contributed by atoms with Crippen LogP contribution in [0.1, 0.15) is 56.2 Å². The Morgan fingerprint density at radius 3 is 1.84 bits per heavy atom. The second-order valence-corrected chi connectivity index (χ2v) is 16.9. The smallest absolute Gasteiger partial charge is 0.243 e. The first-order valence-corrected chi connectivity index (χ1v) is 22.2. The lowest BCUT2D eigenvalue weighted by atomic mass is 10.0. The molecule has 0 radical (unpaired) electrons. The van der Waals surface area contributed by atoms with E-state index in [9.17, 15) is 38.7 Å². The summed E-state index contributed by atoms with van der Waals surface area (Å²) in [6.07, 6.45) is 3.64. The molecular formula is C45H60N8O8S. The third-order valence-electron chi connectivity index (χ3n) is 10.4. The number of thioether (sulfide) groups is 1. The van der Waals surface area contributed by atoms with Crippen LogP contribution in [-0.4, -0.2) is 113 Å². The molecule has 1 aliphatic rings. The molecule has 0 aromatic heterocycles. The van der Waals surface area contributed by atoms with Crippen molar-refractivity contribution in [3.8, 4) is 5.75 Å². The molecule has 0 spiro atoms. The van der Waals surface area contributed by atoms with E-state index in [4.69, 9.17) is 11.5 Å². The quantitative estimate of drug-likeness (QED) is 0.0673. The number of nitrogens with zero attached hydrogens (tertiary/aromatic N) is 1. The van der Waals surface area contributed by atoms with E-state index in [1.54, 1.807) is 60.7 Å². The number of phenols is 1. The number of nitrogens with one attached hydrogen (secondary N) is 5. The highest BCUT2D eigenvalue weighted by Gasteiger charge is 2.38. The number of likely N-dealkylation sites (tertiary alicyclic amines) is 1. The average molecular weight is 873 g/mol. The Bertz CT molecular complexity index is 1970. The van der Waals surface area contributed by atoms with E-state index in [1.165, 1.54) is 28.8 Å². The van der Waals surface area contributed by atoms with Crippen LogP contribution >= 0.6 is 11.8 Å². The number of carbonyl (C=O) groups excluding carboxylic acids is 7. The normalized spacial score (nSPS) is 16.0. The first-order chi connectivity index (χ1) is 29.6. The molecule has 4 rings (SSSR count). The van der Waals surface area contributed by atoms with Gasteiger partial charge in [-0.3, -0.25) is 33.6 Å². The minimum atomic E-state index is -1.20. The van der Waals surface area contributed by atoms with Crippen molar-refractivity contribution in [1.82, 2.24) is 31.5 Å². The molecule has 1 saturated heterocycles. The number of hydrogen-bond acceptors (Lipinski definition) is 10. The first kappa shape index (κ1) is 48.7. The molecule has 62 heavy (non-hydrogen) atoms. The van der Waals surface area contributed by atoms with Crippen LogP contribution in [0.5, 0.6) is 5.75 Å². The predicted octanol–water partition coefficient (Wildman–Crippen LogP) is 1.08. The highest BCUT2D eigenvalue weighted by molar-refractivity contribution is 7.98. The van der Waals surface area contributed by atoms with Gasteiger partial charge in [-0.1, -0.05) is 86.6 Å². The molecule has 0 bridgehead atoms. The summed E-state index contributed by atoms with van der Waals surface area (Å²) in [5, 5.41) is 23.2. The van der Waals surface area contributed by atoms with Crippen LogP contribution in [0.25, 0.3) is 0 Å². The Hall–Kier alpha value is -5.94. The highest BCUT2D eigenvalue weighted by Crippen LogP contribution is 2.21. The summed E-state index contributed by atoms with van der Waals surface area (Å²) in [6, 6.07) is 18.2. The lowest BCUT2D eigenvalue weighted by Gasteiger charge is -2.29. The molecule has 6 atom stereocenters. The second kappa shape index (κ2) is 24.5. The van der Waals surface area contributed by atoms with Gasteiger partial charge in [-0.25, -0.2) is 0 Å². The SMILES string of the molecule is CSCCC(NC(=O)C(CC(C)C)NC(=O)CNC(=O)C(Cc1ccccc1)NC(=O)C(Cc1ccccc1)NC(=O)C1CCCN1C(=O)C(N)Cc1ccc(O)cc1)C(N)=O. The molecule has 0 saturated carbocycles. The van der Waals surface area contributed by atoms with Crippen LogP contribution in [0, 0.1) is 5.92 Å². The van der Waals surface area contributed by atoms with Gasteiger partial charge in [0.1, 0.15) is 36.0 Å². The van der Waals surface area contributed by atoms with Crippen molar-refractivity contribution in [2.24, 2.45) is 17.4 Å². The van der Waals surface area contributed by atoms with Crippen molar-refractivity contribution >= 4 is 53.1 Å². The van der Waals surface area contributed by atoms with Crippen molar-refractivity contribution in [1.29, 1.82) is 0 Å². The third kappa shape index (κ3) is 15.5. The van der Waals surface area contributed by atoms with Gasteiger partial charge in [0.05, 0.1) is 12.6 Å². The van der Waals surface area contributed by atoms with Crippen LogP contribution in [0.2, 0.25) is 0 Å². The molecule has 334 valence electrons. The number of aromatic hydroxyl groups is 1. The monoisotopic (exact) mass is 872 g/mol. The Morgan fingerprint density at radius 2 is 1.27 bits per heavy atom. The molecule has 7 amide bonds. The molecule has 3 aromatic rings. The summed E-state index contributed by atoms with van der Waals surface area (Å²) in [5.74, 6) is -3.60. The molecule has 1 heterocycles. The largest absolute Gasteiger partial charge is 0.508 e. The van der Waals surface area contributed by atoms with Crippen molar-refractivity contribution in [2.45, 2.75) is 95.0 Å². The lowest BCUT2D eigenvalue weighted by Crippen LogP contribution is -2.59. The van der Waals surface area contributed by atoms with Gasteiger partial charge in [0.2, 0.25) is 41.4 Å². The fraction of sp³-hybridized carbons (Fsp3) is 0.444. The van der Waals surface area contributed by atoms with Crippen molar-refractivity contribution in [3.05, 3.63) is 102 Å². The fourth-order valence-electron chi connectivity index (χ4n) is 7.18. The molecule has 10 N–H and O–H groups in total. The Labute approximate surface area is 367 Å². The van der Waals surface area contributed by atoms with Gasteiger partial charge in [-0.15, -0.1) is 0 Å². The summed E-state index contributed by atoms with van der Waals surface area (Å²) in [5.41, 5.74) is 14.0. The maximum absolute atomic E-state index is 14.2. The molecule has 6 unspecified atom stereocenters. The second-order valence-electron chi connectivity index (χ2n) is 15.9. The van der Waals surface area contributed by atoms with E-state index >= 15 is 0 Å². The zero-order chi connectivity index (χ0) is 45.2. The summed E-state index contributed by atoms with van der Waals surface area (Å²) in [4.78, 5) is 95.6. The van der Waals surface area contributed by atoms with E-state index < -0.39 is 84.1 Å². The van der Waals surface area contributed by atoms with Crippen LogP contribution in [0.15, 0.2) is 84.9 Å². The van der Waals surface area contributed by atoms with E-state index in [0.29, 0.717) is 37.1 Å². The highest BCUT2D eigenvalue weighted by atomic mass is 32.2. The van der Waals surface area contributed by atoms with Crippen LogP contribution in [0.3, 0.4) is 0 Å². The zero-order valence-electron chi connectivity index (χ0n) is 35.5. The number of carbonyl (C=O) groups is 7. The van der Waals surface area contributed by atoms with Crippen LogP contribution in [0.4, 0.5) is 0 Å². The van der Waals surface area contributed by atoms with Gasteiger partial charge in [0.25, 0.3) is 0 Å². The lowest BCUT2D eigenvalue weighted by molar-refractivity contribution is -0.140. The van der Waals surface area contributed by atoms with Gasteiger partial charge in [0, 0.05) is 19.4 Å². The average Bonchev–Trinajstić information content (AvgIpc) is 3.75. The number of phenolic OH excluding ortho intramolecular Hbond substituents is 1. The third-order valence-corrected chi connectivity index (χ3v) is 11.1. The standard InChI is InChI=1S/C45H60N8O8S/c1-28(2)23-35(42(58)50-34(40(47)56)20-22-62-3)49-39(55)27-48-41(57)36(25-29-11-6-4-7-12-29)51-43(59)37(26-30-13-8-5-9-14-30)52-44(60)38-15-10-21-53(38)45(61)33(46)24-31-16-18-32(54)19-17-31/h4-9,11-14,16-19,28,33-38,54H,10,15,20-27,46H2,1-3H3,(H2,47,56)(H,48,57)(H,49,55)(H,50,58)(H,51,59)(H,52,60). The van der Waals surface area contributed by atoms with Gasteiger partial charge in [-0.05, 0) is 78.9 Å². The maximum atomic E-state index is 14.2. The minimum Gasteiger partial charge on any atom is -0.508 e. The molecule has 1 aliphatic heterocycles.